The van der Waals surface area contributed by atoms with Crippen molar-refractivity contribution in [1.29, 1.82) is 0 Å². The van der Waals surface area contributed by atoms with Gasteiger partial charge in [-0.2, -0.15) is 0 Å². The molecule has 0 radical (unpaired) electrons. The molecule has 0 aliphatic carbocycles. The first-order chi connectivity index (χ1) is 10.5. The molecule has 2 amide bonds. The maximum absolute atomic E-state index is 12.5. The van der Waals surface area contributed by atoms with Gasteiger partial charge < -0.3 is 5.32 Å². The van der Waals surface area contributed by atoms with E-state index in [0.29, 0.717) is 10.7 Å². The monoisotopic (exact) mass is 314 g/mol. The van der Waals surface area contributed by atoms with E-state index in [9.17, 15) is 9.59 Å². The Morgan fingerprint density at radius 3 is 2.64 bits per heavy atom. The topological polar surface area (TPSA) is 49.4 Å². The zero-order chi connectivity index (χ0) is 15.7. The minimum absolute atomic E-state index is 0.138. The van der Waals surface area contributed by atoms with Crippen molar-refractivity contribution in [2.75, 3.05) is 10.2 Å². The maximum Gasteiger partial charge on any atom is 0.256 e. The largest absolute Gasteiger partial charge is 0.373 e. The molecule has 2 aromatic carbocycles. The molecule has 4 nitrogen and oxygen atoms in total. The van der Waals surface area contributed by atoms with Crippen LogP contribution in [0, 0.1) is 6.92 Å². The van der Waals surface area contributed by atoms with Gasteiger partial charge in [-0.1, -0.05) is 29.8 Å². The Labute approximate surface area is 133 Å². The molecule has 1 aliphatic rings. The Bertz CT molecular complexity index is 745. The van der Waals surface area contributed by atoms with E-state index in [-0.39, 0.29) is 18.2 Å². The van der Waals surface area contributed by atoms with Gasteiger partial charge in [-0.3, -0.25) is 9.59 Å². The second-order valence-corrected chi connectivity index (χ2v) is 5.75. The first-order valence-corrected chi connectivity index (χ1v) is 7.38. The minimum atomic E-state index is -0.563. The van der Waals surface area contributed by atoms with Gasteiger partial charge in [0.15, 0.2) is 0 Å². The maximum atomic E-state index is 12.5. The van der Waals surface area contributed by atoms with Gasteiger partial charge in [0.25, 0.3) is 5.91 Å². The van der Waals surface area contributed by atoms with Crippen LogP contribution in [0.2, 0.25) is 5.02 Å². The van der Waals surface area contributed by atoms with Gasteiger partial charge in [0.2, 0.25) is 5.91 Å². The average molecular weight is 315 g/mol. The van der Waals surface area contributed by atoms with Crippen LogP contribution in [0.5, 0.6) is 0 Å². The van der Waals surface area contributed by atoms with E-state index in [0.717, 1.165) is 11.3 Å². The summed E-state index contributed by atoms with van der Waals surface area (Å²) in [4.78, 5) is 26.0. The number of halogens is 1. The Balaban J connectivity index is 1.82. The highest BCUT2D eigenvalue weighted by atomic mass is 35.5. The fourth-order valence-electron chi connectivity index (χ4n) is 2.56. The third-order valence-corrected chi connectivity index (χ3v) is 3.81. The summed E-state index contributed by atoms with van der Waals surface area (Å²) >= 11 is 5.94. The summed E-state index contributed by atoms with van der Waals surface area (Å²) in [5, 5.41) is 3.66. The van der Waals surface area contributed by atoms with Crippen LogP contribution in [0.3, 0.4) is 0 Å². The smallest absolute Gasteiger partial charge is 0.256 e. The number of rotatable bonds is 3. The lowest BCUT2D eigenvalue weighted by atomic mass is 10.2. The van der Waals surface area contributed by atoms with Crippen LogP contribution in [0.15, 0.2) is 48.5 Å². The molecule has 1 atom stereocenters. The van der Waals surface area contributed by atoms with Gasteiger partial charge >= 0.3 is 0 Å². The molecule has 0 aromatic heterocycles. The van der Waals surface area contributed by atoms with E-state index in [1.54, 1.807) is 24.3 Å². The third kappa shape index (κ3) is 2.83. The third-order valence-electron chi connectivity index (χ3n) is 3.57. The second kappa shape index (κ2) is 5.81. The molecule has 1 heterocycles. The van der Waals surface area contributed by atoms with Crippen LogP contribution in [-0.4, -0.2) is 17.9 Å². The summed E-state index contributed by atoms with van der Waals surface area (Å²) in [6.45, 7) is 1.93. The van der Waals surface area contributed by atoms with E-state index in [4.69, 9.17) is 11.6 Å². The number of aryl methyl sites for hydroxylation is 1. The van der Waals surface area contributed by atoms with E-state index >= 15 is 0 Å². The van der Waals surface area contributed by atoms with E-state index in [1.807, 2.05) is 31.2 Å². The fraction of sp³-hybridized carbons (Fsp3) is 0.176. The molecular weight excluding hydrogens is 300 g/mol. The molecule has 5 heteroatoms. The summed E-state index contributed by atoms with van der Waals surface area (Å²) < 4.78 is 0. The van der Waals surface area contributed by atoms with Crippen molar-refractivity contribution in [2.24, 2.45) is 0 Å². The number of anilines is 2. The fourth-order valence-corrected chi connectivity index (χ4v) is 2.75. The van der Waals surface area contributed by atoms with Gasteiger partial charge in [-0.25, -0.2) is 4.90 Å². The number of carbonyl (C=O) groups is 2. The Morgan fingerprint density at radius 1 is 1.14 bits per heavy atom. The number of carbonyl (C=O) groups excluding carboxylic acids is 2. The lowest BCUT2D eigenvalue weighted by Gasteiger charge is -2.16. The van der Waals surface area contributed by atoms with Crippen molar-refractivity contribution >= 4 is 34.8 Å². The molecule has 112 valence electrons. The summed E-state index contributed by atoms with van der Waals surface area (Å²) in [7, 11) is 0. The van der Waals surface area contributed by atoms with Crippen LogP contribution < -0.4 is 10.2 Å². The highest BCUT2D eigenvalue weighted by Gasteiger charge is 2.39. The predicted molar refractivity (Wildman–Crippen MR) is 87.2 cm³/mol. The minimum Gasteiger partial charge on any atom is -0.373 e. The molecular formula is C17H15ClN2O2. The van der Waals surface area contributed by atoms with Gasteiger partial charge in [0.05, 0.1) is 12.1 Å². The lowest BCUT2D eigenvalue weighted by molar-refractivity contribution is -0.121. The Hall–Kier alpha value is -2.33. The zero-order valence-corrected chi connectivity index (χ0v) is 12.8. The predicted octanol–water partition coefficient (Wildman–Crippen LogP) is 3.39. The van der Waals surface area contributed by atoms with Crippen LogP contribution in [-0.2, 0) is 9.59 Å². The van der Waals surface area contributed by atoms with E-state index < -0.39 is 6.04 Å². The molecule has 0 spiro atoms. The molecule has 0 bridgehead atoms. The van der Waals surface area contributed by atoms with E-state index in [2.05, 4.69) is 5.32 Å². The summed E-state index contributed by atoms with van der Waals surface area (Å²) in [6, 6.07) is 13.9. The number of imide groups is 1. The first kappa shape index (κ1) is 14.6. The quantitative estimate of drug-likeness (QED) is 0.883. The summed E-state index contributed by atoms with van der Waals surface area (Å²) in [5.41, 5.74) is 2.35. The molecule has 3 rings (SSSR count). The van der Waals surface area contributed by atoms with Gasteiger partial charge in [0.1, 0.15) is 6.04 Å². The number of nitrogens with zero attached hydrogens (tertiary/aromatic N) is 1. The molecule has 1 N–H and O–H groups in total. The summed E-state index contributed by atoms with van der Waals surface area (Å²) in [5.74, 6) is -0.439. The molecule has 1 saturated heterocycles. The first-order valence-electron chi connectivity index (χ1n) is 7.00. The molecule has 2 aromatic rings. The number of amides is 2. The van der Waals surface area contributed by atoms with Crippen LogP contribution in [0.1, 0.15) is 12.0 Å². The van der Waals surface area contributed by atoms with Crippen LogP contribution in [0.4, 0.5) is 11.4 Å². The van der Waals surface area contributed by atoms with Crippen molar-refractivity contribution in [3.05, 3.63) is 59.1 Å². The number of hydrogen-bond donors (Lipinski definition) is 1. The Morgan fingerprint density at radius 2 is 1.91 bits per heavy atom. The van der Waals surface area contributed by atoms with Crippen molar-refractivity contribution < 1.29 is 9.59 Å². The Kier molecular flexibility index (Phi) is 3.86. The standard InChI is InChI=1S/C17H15ClN2O2/c1-11-4-2-7-14(8-11)20-16(21)10-15(17(20)22)19-13-6-3-5-12(18)9-13/h2-9,15,19H,10H2,1H3/t15-/m1/s1. The van der Waals surface area contributed by atoms with Gasteiger partial charge in [-0.05, 0) is 42.8 Å². The van der Waals surface area contributed by atoms with Crippen molar-refractivity contribution in [1.82, 2.24) is 0 Å². The van der Waals surface area contributed by atoms with Gasteiger partial charge in [0, 0.05) is 10.7 Å². The number of nitrogens with one attached hydrogen (secondary N) is 1. The summed E-state index contributed by atoms with van der Waals surface area (Å²) in [6.07, 6.45) is 0.138. The van der Waals surface area contributed by atoms with Crippen molar-refractivity contribution in [3.63, 3.8) is 0 Å². The highest BCUT2D eigenvalue weighted by molar-refractivity contribution is 6.30. The number of benzene rings is 2. The lowest BCUT2D eigenvalue weighted by Crippen LogP contribution is -2.34. The molecule has 0 unspecified atom stereocenters. The normalized spacial score (nSPS) is 17.9. The van der Waals surface area contributed by atoms with Crippen molar-refractivity contribution in [3.8, 4) is 0 Å². The second-order valence-electron chi connectivity index (χ2n) is 5.32. The van der Waals surface area contributed by atoms with Crippen LogP contribution >= 0.6 is 11.6 Å². The van der Waals surface area contributed by atoms with Crippen LogP contribution in [0.25, 0.3) is 0 Å². The SMILES string of the molecule is Cc1cccc(N2C(=O)C[C@@H](Nc3cccc(Cl)c3)C2=O)c1. The van der Waals surface area contributed by atoms with E-state index in [1.165, 1.54) is 4.90 Å². The molecule has 22 heavy (non-hydrogen) atoms. The molecule has 1 aliphatic heterocycles. The average Bonchev–Trinajstić information content (AvgIpc) is 2.73. The zero-order valence-electron chi connectivity index (χ0n) is 12.0. The number of hydrogen-bond acceptors (Lipinski definition) is 3. The highest BCUT2D eigenvalue weighted by Crippen LogP contribution is 2.26. The molecule has 1 fully saturated rings. The molecule has 0 saturated carbocycles. The van der Waals surface area contributed by atoms with Crippen molar-refractivity contribution in [2.45, 2.75) is 19.4 Å². The van der Waals surface area contributed by atoms with Gasteiger partial charge in [-0.15, -0.1) is 0 Å².